The van der Waals surface area contributed by atoms with Crippen LogP contribution in [0.1, 0.15) is 24.2 Å². The summed E-state index contributed by atoms with van der Waals surface area (Å²) in [5, 5.41) is 5.47. The second kappa shape index (κ2) is 6.54. The Kier molecular flexibility index (Phi) is 5.32. The maximum Gasteiger partial charge on any atom is 0.252 e. The van der Waals surface area contributed by atoms with Gasteiger partial charge in [0.15, 0.2) is 0 Å². The third-order valence-corrected chi connectivity index (χ3v) is 3.06. The van der Waals surface area contributed by atoms with Crippen LogP contribution >= 0.6 is 11.6 Å². The van der Waals surface area contributed by atoms with Crippen molar-refractivity contribution in [1.29, 1.82) is 0 Å². The highest BCUT2D eigenvalue weighted by atomic mass is 35.5. The average molecular weight is 284 g/mol. The van der Waals surface area contributed by atoms with Crippen LogP contribution in [0, 0.1) is 5.92 Å². The van der Waals surface area contributed by atoms with Gasteiger partial charge >= 0.3 is 0 Å². The quantitative estimate of drug-likeness (QED) is 0.785. The molecule has 104 valence electrons. The van der Waals surface area contributed by atoms with Crippen LogP contribution in [0.15, 0.2) is 18.2 Å². The molecule has 0 saturated heterocycles. The molecule has 1 aromatic rings. The number of halogens is 1. The second-order valence-corrected chi connectivity index (χ2v) is 4.94. The number of carbonyl (C=O) groups is 2. The van der Waals surface area contributed by atoms with E-state index in [9.17, 15) is 9.59 Å². The Balaban J connectivity index is 2.91. The van der Waals surface area contributed by atoms with Crippen LogP contribution in [0.25, 0.3) is 0 Å². The molecule has 19 heavy (non-hydrogen) atoms. The molecule has 0 aliphatic carbocycles. The molecular formula is C13H18ClN3O2. The van der Waals surface area contributed by atoms with Crippen LogP contribution in [0.5, 0.6) is 0 Å². The molecule has 2 amide bonds. The van der Waals surface area contributed by atoms with Gasteiger partial charge in [0, 0.05) is 12.7 Å². The zero-order valence-electron chi connectivity index (χ0n) is 11.2. The molecule has 0 radical (unpaired) electrons. The summed E-state index contributed by atoms with van der Waals surface area (Å²) >= 11 is 5.92. The maximum atomic E-state index is 11.8. The lowest BCUT2D eigenvalue weighted by atomic mass is 10.0. The van der Waals surface area contributed by atoms with Gasteiger partial charge in [-0.05, 0) is 24.1 Å². The first kappa shape index (κ1) is 15.5. The van der Waals surface area contributed by atoms with E-state index in [2.05, 4.69) is 10.6 Å². The van der Waals surface area contributed by atoms with Gasteiger partial charge in [-0.1, -0.05) is 25.4 Å². The van der Waals surface area contributed by atoms with Crippen LogP contribution in [0.3, 0.4) is 0 Å². The molecule has 0 fully saturated rings. The lowest BCUT2D eigenvalue weighted by Gasteiger charge is -2.16. The molecule has 1 aromatic carbocycles. The zero-order chi connectivity index (χ0) is 14.6. The molecule has 0 heterocycles. The molecule has 0 spiro atoms. The number of hydrogen-bond acceptors (Lipinski definition) is 3. The normalized spacial score (nSPS) is 12.1. The molecule has 0 aliphatic rings. The van der Waals surface area contributed by atoms with Gasteiger partial charge in [-0.2, -0.15) is 0 Å². The van der Waals surface area contributed by atoms with Gasteiger partial charge in [-0.25, -0.2) is 0 Å². The fourth-order valence-corrected chi connectivity index (χ4v) is 1.64. The van der Waals surface area contributed by atoms with Gasteiger partial charge < -0.3 is 16.4 Å². The molecule has 4 N–H and O–H groups in total. The largest absolute Gasteiger partial charge is 0.355 e. The van der Waals surface area contributed by atoms with Crippen molar-refractivity contribution in [3.8, 4) is 0 Å². The third-order valence-electron chi connectivity index (χ3n) is 2.73. The summed E-state index contributed by atoms with van der Waals surface area (Å²) in [5.41, 5.74) is 6.54. The van der Waals surface area contributed by atoms with E-state index in [-0.39, 0.29) is 17.7 Å². The summed E-state index contributed by atoms with van der Waals surface area (Å²) in [6.07, 6.45) is 0. The van der Waals surface area contributed by atoms with Gasteiger partial charge in [-0.15, -0.1) is 0 Å². The van der Waals surface area contributed by atoms with Crippen LogP contribution in [0.2, 0.25) is 5.02 Å². The van der Waals surface area contributed by atoms with Crippen LogP contribution < -0.4 is 16.4 Å². The smallest absolute Gasteiger partial charge is 0.252 e. The van der Waals surface area contributed by atoms with E-state index in [0.29, 0.717) is 16.3 Å². The number of anilines is 1. The van der Waals surface area contributed by atoms with Crippen molar-refractivity contribution >= 4 is 29.1 Å². The van der Waals surface area contributed by atoms with Crippen LogP contribution in [-0.2, 0) is 4.79 Å². The van der Waals surface area contributed by atoms with Crippen LogP contribution in [0.4, 0.5) is 5.69 Å². The molecule has 1 rings (SSSR count). The number of amides is 2. The summed E-state index contributed by atoms with van der Waals surface area (Å²) < 4.78 is 0. The summed E-state index contributed by atoms with van der Waals surface area (Å²) in [7, 11) is 1.51. The third kappa shape index (κ3) is 3.94. The van der Waals surface area contributed by atoms with E-state index in [0.717, 1.165) is 0 Å². The summed E-state index contributed by atoms with van der Waals surface area (Å²) in [6, 6.07) is 4.10. The van der Waals surface area contributed by atoms with Crippen molar-refractivity contribution in [3.05, 3.63) is 28.8 Å². The summed E-state index contributed by atoms with van der Waals surface area (Å²) in [4.78, 5) is 23.4. The predicted molar refractivity (Wildman–Crippen MR) is 76.3 cm³/mol. The zero-order valence-corrected chi connectivity index (χ0v) is 11.9. The number of nitrogens with two attached hydrogens (primary N) is 1. The number of rotatable bonds is 4. The molecular weight excluding hydrogens is 266 g/mol. The highest BCUT2D eigenvalue weighted by molar-refractivity contribution is 6.34. The van der Waals surface area contributed by atoms with Crippen molar-refractivity contribution < 1.29 is 9.59 Å². The Morgan fingerprint density at radius 3 is 2.47 bits per heavy atom. The Labute approximate surface area is 117 Å². The van der Waals surface area contributed by atoms with E-state index >= 15 is 0 Å². The highest BCUT2D eigenvalue weighted by Crippen LogP contribution is 2.20. The fourth-order valence-electron chi connectivity index (χ4n) is 1.44. The van der Waals surface area contributed by atoms with Crippen molar-refractivity contribution in [1.82, 2.24) is 5.32 Å². The summed E-state index contributed by atoms with van der Waals surface area (Å²) in [6.45, 7) is 3.73. The van der Waals surface area contributed by atoms with Crippen molar-refractivity contribution in [2.75, 3.05) is 12.4 Å². The lowest BCUT2D eigenvalue weighted by molar-refractivity contribution is -0.118. The predicted octanol–water partition coefficient (Wildman–Crippen LogP) is 1.62. The molecule has 0 aliphatic heterocycles. The molecule has 0 saturated carbocycles. The SMILES string of the molecule is CNC(=O)c1cc(NC(=O)C(N)C(C)C)ccc1Cl. The molecule has 1 atom stereocenters. The minimum absolute atomic E-state index is 0.0331. The Morgan fingerprint density at radius 2 is 1.95 bits per heavy atom. The van der Waals surface area contributed by atoms with E-state index in [4.69, 9.17) is 17.3 Å². The summed E-state index contributed by atoms with van der Waals surface area (Å²) in [5.74, 6) is -0.569. The molecule has 0 bridgehead atoms. The molecule has 5 nitrogen and oxygen atoms in total. The standard InChI is InChI=1S/C13H18ClN3O2/c1-7(2)11(15)13(19)17-8-4-5-10(14)9(6-8)12(18)16-3/h4-7,11H,15H2,1-3H3,(H,16,18)(H,17,19). The van der Waals surface area contributed by atoms with E-state index in [1.54, 1.807) is 12.1 Å². The number of hydrogen-bond donors (Lipinski definition) is 3. The first-order valence-electron chi connectivity index (χ1n) is 5.95. The Hall–Kier alpha value is -1.59. The first-order chi connectivity index (χ1) is 8.86. The van der Waals surface area contributed by atoms with E-state index in [1.807, 2.05) is 13.8 Å². The minimum Gasteiger partial charge on any atom is -0.355 e. The topological polar surface area (TPSA) is 84.2 Å². The fraction of sp³-hybridized carbons (Fsp3) is 0.385. The first-order valence-corrected chi connectivity index (χ1v) is 6.32. The van der Waals surface area contributed by atoms with Crippen molar-refractivity contribution in [2.45, 2.75) is 19.9 Å². The van der Waals surface area contributed by atoms with Gasteiger partial charge in [-0.3, -0.25) is 9.59 Å². The lowest BCUT2D eigenvalue weighted by Crippen LogP contribution is -2.39. The van der Waals surface area contributed by atoms with Gasteiger partial charge in [0.1, 0.15) is 0 Å². The van der Waals surface area contributed by atoms with E-state index in [1.165, 1.54) is 13.1 Å². The number of benzene rings is 1. The number of carbonyl (C=O) groups excluding carboxylic acids is 2. The maximum absolute atomic E-state index is 11.8. The molecule has 0 aromatic heterocycles. The van der Waals surface area contributed by atoms with Crippen molar-refractivity contribution in [2.24, 2.45) is 11.7 Å². The minimum atomic E-state index is -0.598. The highest BCUT2D eigenvalue weighted by Gasteiger charge is 2.18. The van der Waals surface area contributed by atoms with Gasteiger partial charge in [0.25, 0.3) is 5.91 Å². The number of nitrogens with one attached hydrogen (secondary N) is 2. The Morgan fingerprint density at radius 1 is 1.32 bits per heavy atom. The second-order valence-electron chi connectivity index (χ2n) is 4.53. The molecule has 6 heteroatoms. The van der Waals surface area contributed by atoms with Gasteiger partial charge in [0.05, 0.1) is 16.6 Å². The van der Waals surface area contributed by atoms with Gasteiger partial charge in [0.2, 0.25) is 5.91 Å². The molecule has 1 unspecified atom stereocenters. The average Bonchev–Trinajstić information content (AvgIpc) is 2.38. The Bertz CT molecular complexity index is 489. The van der Waals surface area contributed by atoms with Crippen LogP contribution in [-0.4, -0.2) is 24.9 Å². The van der Waals surface area contributed by atoms with E-state index < -0.39 is 6.04 Å². The van der Waals surface area contributed by atoms with Crippen molar-refractivity contribution in [3.63, 3.8) is 0 Å². The monoisotopic (exact) mass is 283 g/mol.